The summed E-state index contributed by atoms with van der Waals surface area (Å²) >= 11 is 1.74. The lowest BCUT2D eigenvalue weighted by Gasteiger charge is -2.16. The Kier molecular flexibility index (Phi) is 6.10. The zero-order valence-corrected chi connectivity index (χ0v) is 20.9. The Labute approximate surface area is 215 Å². The molecule has 0 atom stereocenters. The summed E-state index contributed by atoms with van der Waals surface area (Å²) < 4.78 is 7.51. The summed E-state index contributed by atoms with van der Waals surface area (Å²) in [5, 5.41) is 7.07. The van der Waals surface area contributed by atoms with Crippen LogP contribution in [0.15, 0.2) is 109 Å². The maximum Gasteiger partial charge on any atom is 0.125 e. The van der Waals surface area contributed by atoms with Gasteiger partial charge in [0, 0.05) is 23.4 Å². The summed E-state index contributed by atoms with van der Waals surface area (Å²) in [5.41, 5.74) is 6.84. The molecule has 0 spiro atoms. The van der Waals surface area contributed by atoms with Crippen molar-refractivity contribution in [2.45, 2.75) is 20.1 Å². The number of anilines is 1. The summed E-state index contributed by atoms with van der Waals surface area (Å²) in [6.45, 7) is 3.33. The Morgan fingerprint density at radius 3 is 2.47 bits per heavy atom. The fraction of sp³-hybridized carbons (Fsp3) is 0.0938. The molecule has 0 saturated carbocycles. The van der Waals surface area contributed by atoms with E-state index in [1.807, 2.05) is 18.2 Å². The number of hydrogen-bond donors (Lipinski definition) is 1. The Morgan fingerprint density at radius 2 is 1.61 bits per heavy atom. The van der Waals surface area contributed by atoms with Gasteiger partial charge in [0.05, 0.1) is 10.2 Å². The summed E-state index contributed by atoms with van der Waals surface area (Å²) in [7, 11) is 0. The van der Waals surface area contributed by atoms with Crippen LogP contribution < -0.4 is 10.1 Å². The maximum absolute atomic E-state index is 6.29. The van der Waals surface area contributed by atoms with E-state index in [1.54, 1.807) is 11.3 Å². The third-order valence-electron chi connectivity index (χ3n) is 6.38. The molecule has 176 valence electrons. The first-order chi connectivity index (χ1) is 17.7. The molecule has 0 aliphatic heterocycles. The van der Waals surface area contributed by atoms with Gasteiger partial charge in [-0.05, 0) is 71.3 Å². The van der Waals surface area contributed by atoms with E-state index in [1.165, 1.54) is 21.0 Å². The van der Waals surface area contributed by atoms with Gasteiger partial charge in [-0.2, -0.15) is 0 Å². The molecule has 0 unspecified atom stereocenters. The molecule has 4 heteroatoms. The minimum atomic E-state index is 0.544. The van der Waals surface area contributed by atoms with Gasteiger partial charge in [0.2, 0.25) is 0 Å². The smallest absolute Gasteiger partial charge is 0.125 e. The van der Waals surface area contributed by atoms with Crippen molar-refractivity contribution in [2.75, 3.05) is 5.32 Å². The van der Waals surface area contributed by atoms with E-state index in [0.29, 0.717) is 13.2 Å². The van der Waals surface area contributed by atoms with E-state index < -0.39 is 0 Å². The highest BCUT2D eigenvalue weighted by Gasteiger charge is 2.11. The highest BCUT2D eigenvalue weighted by molar-refractivity contribution is 7.21. The highest BCUT2D eigenvalue weighted by Crippen LogP contribution is 2.32. The van der Waals surface area contributed by atoms with Crippen LogP contribution in [0, 0.1) is 6.92 Å². The summed E-state index contributed by atoms with van der Waals surface area (Å²) in [6.07, 6.45) is 0. The minimum Gasteiger partial charge on any atom is -0.489 e. The van der Waals surface area contributed by atoms with Gasteiger partial charge >= 0.3 is 0 Å². The van der Waals surface area contributed by atoms with Crippen molar-refractivity contribution in [3.8, 4) is 16.3 Å². The Bertz CT molecular complexity index is 1640. The van der Waals surface area contributed by atoms with Crippen LogP contribution in [0.5, 0.6) is 5.75 Å². The second-order valence-electron chi connectivity index (χ2n) is 8.96. The normalized spacial score (nSPS) is 11.1. The average Bonchev–Trinajstić information content (AvgIpc) is 3.35. The molecule has 0 fully saturated rings. The molecule has 3 nitrogen and oxygen atoms in total. The third kappa shape index (κ3) is 4.68. The molecular formula is C32H26N2OS. The standard InChI is InChI=1S/C32H26N2OS/c1-22-11-17-29-31(19-22)36-32(34-29)25-12-15-26(16-13-25)33-20-28-27-10-6-5-9-24(27)14-18-30(28)35-21-23-7-3-2-4-8-23/h2-19,33H,20-21H2,1H3. The predicted molar refractivity (Wildman–Crippen MR) is 152 cm³/mol. The van der Waals surface area contributed by atoms with Crippen molar-refractivity contribution in [1.82, 2.24) is 4.98 Å². The molecule has 36 heavy (non-hydrogen) atoms. The van der Waals surface area contributed by atoms with Gasteiger partial charge in [0.25, 0.3) is 0 Å². The quantitative estimate of drug-likeness (QED) is 0.245. The van der Waals surface area contributed by atoms with E-state index in [0.717, 1.165) is 38.7 Å². The summed E-state index contributed by atoms with van der Waals surface area (Å²) in [5.74, 6) is 0.909. The molecule has 0 bridgehead atoms. The lowest BCUT2D eigenvalue weighted by molar-refractivity contribution is 0.304. The van der Waals surface area contributed by atoms with E-state index in [9.17, 15) is 0 Å². The number of aryl methyl sites for hydroxylation is 1. The van der Waals surface area contributed by atoms with E-state index in [4.69, 9.17) is 9.72 Å². The van der Waals surface area contributed by atoms with Gasteiger partial charge in [-0.3, -0.25) is 0 Å². The fourth-order valence-corrected chi connectivity index (χ4v) is 5.51. The SMILES string of the molecule is Cc1ccc2nc(-c3ccc(NCc4c(OCc5ccccc5)ccc5ccccc45)cc3)sc2c1. The van der Waals surface area contributed by atoms with Crippen molar-refractivity contribution in [1.29, 1.82) is 0 Å². The first kappa shape index (κ1) is 22.3. The second kappa shape index (κ2) is 9.84. The van der Waals surface area contributed by atoms with Gasteiger partial charge in [-0.25, -0.2) is 4.98 Å². The number of benzene rings is 5. The Balaban J connectivity index is 1.23. The predicted octanol–water partition coefficient (Wildman–Crippen LogP) is 8.62. The van der Waals surface area contributed by atoms with E-state index in [-0.39, 0.29) is 0 Å². The van der Waals surface area contributed by atoms with Crippen molar-refractivity contribution in [2.24, 2.45) is 0 Å². The van der Waals surface area contributed by atoms with Crippen molar-refractivity contribution < 1.29 is 4.74 Å². The van der Waals surface area contributed by atoms with Crippen molar-refractivity contribution in [3.63, 3.8) is 0 Å². The zero-order valence-electron chi connectivity index (χ0n) is 20.1. The highest BCUT2D eigenvalue weighted by atomic mass is 32.1. The molecule has 6 rings (SSSR count). The van der Waals surface area contributed by atoms with Crippen LogP contribution in [0.3, 0.4) is 0 Å². The topological polar surface area (TPSA) is 34.2 Å². The number of thiazole rings is 1. The minimum absolute atomic E-state index is 0.544. The molecule has 5 aromatic carbocycles. The van der Waals surface area contributed by atoms with Gasteiger partial charge in [0.15, 0.2) is 0 Å². The van der Waals surface area contributed by atoms with Gasteiger partial charge in [-0.1, -0.05) is 66.7 Å². The van der Waals surface area contributed by atoms with Crippen LogP contribution in [0.1, 0.15) is 16.7 Å². The van der Waals surface area contributed by atoms with Gasteiger partial charge < -0.3 is 10.1 Å². The first-order valence-corrected chi connectivity index (χ1v) is 12.9. The number of nitrogens with one attached hydrogen (secondary N) is 1. The number of aromatic nitrogens is 1. The largest absolute Gasteiger partial charge is 0.489 e. The molecule has 0 saturated heterocycles. The monoisotopic (exact) mass is 486 g/mol. The number of hydrogen-bond acceptors (Lipinski definition) is 4. The molecule has 0 aliphatic rings. The molecule has 1 heterocycles. The molecule has 6 aromatic rings. The van der Waals surface area contributed by atoms with Crippen LogP contribution in [0.25, 0.3) is 31.6 Å². The maximum atomic E-state index is 6.29. The Hall–Kier alpha value is -4.15. The second-order valence-corrected chi connectivity index (χ2v) is 9.99. The van der Waals surface area contributed by atoms with Crippen LogP contribution in [0.4, 0.5) is 5.69 Å². The van der Waals surface area contributed by atoms with Crippen LogP contribution in [-0.2, 0) is 13.2 Å². The van der Waals surface area contributed by atoms with Gasteiger partial charge in [0.1, 0.15) is 17.4 Å². The van der Waals surface area contributed by atoms with Crippen molar-refractivity contribution in [3.05, 3.63) is 126 Å². The van der Waals surface area contributed by atoms with E-state index in [2.05, 4.69) is 103 Å². The zero-order chi connectivity index (χ0) is 24.3. The molecule has 0 aliphatic carbocycles. The molecule has 1 N–H and O–H groups in total. The van der Waals surface area contributed by atoms with Crippen LogP contribution >= 0.6 is 11.3 Å². The molecule has 0 radical (unpaired) electrons. The Morgan fingerprint density at radius 1 is 0.806 bits per heavy atom. The number of fused-ring (bicyclic) bond motifs is 2. The number of nitrogens with zero attached hydrogens (tertiary/aromatic N) is 1. The summed E-state index contributed by atoms with van der Waals surface area (Å²) in [6, 6.07) is 37.9. The number of ether oxygens (including phenoxy) is 1. The fourth-order valence-electron chi connectivity index (χ4n) is 4.45. The van der Waals surface area contributed by atoms with Crippen LogP contribution in [0.2, 0.25) is 0 Å². The van der Waals surface area contributed by atoms with Crippen molar-refractivity contribution >= 4 is 38.0 Å². The average molecular weight is 487 g/mol. The number of rotatable bonds is 7. The summed E-state index contributed by atoms with van der Waals surface area (Å²) in [4.78, 5) is 4.82. The lowest BCUT2D eigenvalue weighted by Crippen LogP contribution is -2.04. The molecule has 0 amide bonds. The molecule has 1 aromatic heterocycles. The molecular weight excluding hydrogens is 460 g/mol. The van der Waals surface area contributed by atoms with Gasteiger partial charge in [-0.15, -0.1) is 11.3 Å². The van der Waals surface area contributed by atoms with E-state index >= 15 is 0 Å². The lowest BCUT2D eigenvalue weighted by atomic mass is 10.0. The van der Waals surface area contributed by atoms with Crippen LogP contribution in [-0.4, -0.2) is 4.98 Å². The first-order valence-electron chi connectivity index (χ1n) is 12.1. The third-order valence-corrected chi connectivity index (χ3v) is 7.45.